The number of hydrogen-bond acceptors (Lipinski definition) is 2. The first-order valence-electron chi connectivity index (χ1n) is 7.16. The molecule has 0 saturated heterocycles. The Morgan fingerprint density at radius 1 is 0.652 bits per heavy atom. The van der Waals surface area contributed by atoms with Gasteiger partial charge in [-0.1, -0.05) is 60.3 Å². The SMILES string of the molecule is CCC(CC)(Oc1cc(Cl)cc(Cl)c1)Oc1cc(Cl)cc(Cl)c1. The molecule has 0 aliphatic rings. The van der Waals surface area contributed by atoms with Crippen molar-refractivity contribution in [2.45, 2.75) is 32.5 Å². The summed E-state index contributed by atoms with van der Waals surface area (Å²) in [5.74, 6) is 0.209. The van der Waals surface area contributed by atoms with Crippen LogP contribution in [0, 0.1) is 0 Å². The lowest BCUT2D eigenvalue weighted by Gasteiger charge is -2.33. The second-order valence-corrected chi connectivity index (χ2v) is 6.78. The molecule has 0 radical (unpaired) electrons. The van der Waals surface area contributed by atoms with Crippen molar-refractivity contribution >= 4 is 46.4 Å². The molecular formula is C17H16Cl4O2. The summed E-state index contributed by atoms with van der Waals surface area (Å²) in [7, 11) is 0. The lowest BCUT2D eigenvalue weighted by molar-refractivity contribution is -0.118. The minimum atomic E-state index is -0.873. The average Bonchev–Trinajstić information content (AvgIpc) is 2.44. The van der Waals surface area contributed by atoms with E-state index in [1.807, 2.05) is 13.8 Å². The van der Waals surface area contributed by atoms with Gasteiger partial charge in [-0.3, -0.25) is 0 Å². The smallest absolute Gasteiger partial charge is 0.250 e. The highest BCUT2D eigenvalue weighted by Gasteiger charge is 2.31. The molecule has 0 aliphatic carbocycles. The first kappa shape index (κ1) is 18.5. The largest absolute Gasteiger partial charge is 0.452 e. The van der Waals surface area contributed by atoms with E-state index >= 15 is 0 Å². The fourth-order valence-corrected chi connectivity index (χ4v) is 3.18. The van der Waals surface area contributed by atoms with Gasteiger partial charge in [-0.25, -0.2) is 0 Å². The predicted octanol–water partition coefficient (Wildman–Crippen LogP) is 7.27. The molecule has 124 valence electrons. The van der Waals surface area contributed by atoms with Crippen LogP contribution in [-0.4, -0.2) is 5.79 Å². The van der Waals surface area contributed by atoms with Crippen molar-refractivity contribution in [3.05, 3.63) is 56.5 Å². The fraction of sp³-hybridized carbons (Fsp3) is 0.294. The molecule has 2 rings (SSSR count). The zero-order valence-corrected chi connectivity index (χ0v) is 15.7. The second kappa shape index (κ2) is 7.85. The lowest BCUT2D eigenvalue weighted by atomic mass is 10.1. The van der Waals surface area contributed by atoms with Crippen molar-refractivity contribution in [3.8, 4) is 11.5 Å². The van der Waals surface area contributed by atoms with Gasteiger partial charge in [0, 0.05) is 32.9 Å². The topological polar surface area (TPSA) is 18.5 Å². The van der Waals surface area contributed by atoms with Gasteiger partial charge >= 0.3 is 0 Å². The normalized spacial score (nSPS) is 11.4. The summed E-state index contributed by atoms with van der Waals surface area (Å²) in [6.07, 6.45) is 1.22. The van der Waals surface area contributed by atoms with Crippen LogP contribution in [0.25, 0.3) is 0 Å². The van der Waals surface area contributed by atoms with Crippen molar-refractivity contribution in [1.82, 2.24) is 0 Å². The van der Waals surface area contributed by atoms with Gasteiger partial charge in [0.1, 0.15) is 11.5 Å². The monoisotopic (exact) mass is 392 g/mol. The van der Waals surface area contributed by atoms with E-state index in [9.17, 15) is 0 Å². The number of hydrogen-bond donors (Lipinski definition) is 0. The highest BCUT2D eigenvalue weighted by molar-refractivity contribution is 6.35. The van der Waals surface area contributed by atoms with Crippen LogP contribution >= 0.6 is 46.4 Å². The molecule has 0 bridgehead atoms. The van der Waals surface area contributed by atoms with Gasteiger partial charge in [-0.05, 0) is 36.4 Å². The molecule has 0 heterocycles. The van der Waals surface area contributed by atoms with Crippen molar-refractivity contribution < 1.29 is 9.47 Å². The van der Waals surface area contributed by atoms with Crippen molar-refractivity contribution in [1.29, 1.82) is 0 Å². The van der Waals surface area contributed by atoms with E-state index in [1.165, 1.54) is 0 Å². The van der Waals surface area contributed by atoms with Crippen molar-refractivity contribution in [2.75, 3.05) is 0 Å². The quantitative estimate of drug-likeness (QED) is 0.480. The number of halogens is 4. The van der Waals surface area contributed by atoms with Gasteiger partial charge in [-0.15, -0.1) is 0 Å². The maximum atomic E-state index is 6.07. The molecule has 2 nitrogen and oxygen atoms in total. The Hall–Kier alpha value is -0.800. The molecule has 0 amide bonds. The molecule has 0 aromatic heterocycles. The Morgan fingerprint density at radius 3 is 1.22 bits per heavy atom. The minimum absolute atomic E-state index is 0.499. The van der Waals surface area contributed by atoms with Crippen LogP contribution < -0.4 is 9.47 Å². The van der Waals surface area contributed by atoms with Crippen LogP contribution in [0.15, 0.2) is 36.4 Å². The predicted molar refractivity (Wildman–Crippen MR) is 97.5 cm³/mol. The molecule has 0 fully saturated rings. The van der Waals surface area contributed by atoms with Crippen LogP contribution in [0.3, 0.4) is 0 Å². The van der Waals surface area contributed by atoms with E-state index in [2.05, 4.69) is 0 Å². The van der Waals surface area contributed by atoms with Gasteiger partial charge in [-0.2, -0.15) is 0 Å². The van der Waals surface area contributed by atoms with Gasteiger partial charge in [0.25, 0.3) is 5.79 Å². The molecule has 0 atom stereocenters. The highest BCUT2D eigenvalue weighted by Crippen LogP contribution is 2.33. The van der Waals surface area contributed by atoms with Crippen LogP contribution in [-0.2, 0) is 0 Å². The third-order valence-electron chi connectivity index (χ3n) is 3.36. The molecule has 0 N–H and O–H groups in total. The number of benzene rings is 2. The van der Waals surface area contributed by atoms with Crippen molar-refractivity contribution in [2.24, 2.45) is 0 Å². The summed E-state index contributed by atoms with van der Waals surface area (Å²) in [6.45, 7) is 3.95. The fourth-order valence-electron chi connectivity index (χ4n) is 2.16. The first-order chi connectivity index (χ1) is 10.9. The maximum absolute atomic E-state index is 6.07. The van der Waals surface area contributed by atoms with Gasteiger partial charge in [0.05, 0.1) is 0 Å². The zero-order chi connectivity index (χ0) is 17.0. The summed E-state index contributed by atoms with van der Waals surface area (Å²) in [5, 5.41) is 2.00. The Labute approximate surface area is 156 Å². The first-order valence-corrected chi connectivity index (χ1v) is 8.67. The summed E-state index contributed by atoms with van der Waals surface area (Å²) < 4.78 is 12.1. The molecular weight excluding hydrogens is 378 g/mol. The molecule has 0 aliphatic heterocycles. The van der Waals surface area contributed by atoms with Crippen molar-refractivity contribution in [3.63, 3.8) is 0 Å². The highest BCUT2D eigenvalue weighted by atomic mass is 35.5. The summed E-state index contributed by atoms with van der Waals surface area (Å²) >= 11 is 24.1. The molecule has 6 heteroatoms. The zero-order valence-electron chi connectivity index (χ0n) is 12.7. The second-order valence-electron chi connectivity index (χ2n) is 5.03. The summed E-state index contributed by atoms with van der Waals surface area (Å²) in [6, 6.07) is 10.1. The van der Waals surface area contributed by atoms with Crippen LogP contribution in [0.5, 0.6) is 11.5 Å². The van der Waals surface area contributed by atoms with E-state index in [0.29, 0.717) is 44.4 Å². The third-order valence-corrected chi connectivity index (χ3v) is 4.23. The Morgan fingerprint density at radius 2 is 0.957 bits per heavy atom. The Bertz CT molecular complexity index is 588. The molecule has 0 saturated carbocycles. The van der Waals surface area contributed by atoms with E-state index in [-0.39, 0.29) is 0 Å². The molecule has 23 heavy (non-hydrogen) atoms. The molecule has 0 unspecified atom stereocenters. The van der Waals surface area contributed by atoms with Gasteiger partial charge < -0.3 is 9.47 Å². The van der Waals surface area contributed by atoms with Crippen LogP contribution in [0.1, 0.15) is 26.7 Å². The maximum Gasteiger partial charge on any atom is 0.250 e. The molecule has 2 aromatic carbocycles. The third kappa shape index (κ3) is 5.09. The van der Waals surface area contributed by atoms with E-state index in [0.717, 1.165) is 0 Å². The van der Waals surface area contributed by atoms with Crippen LogP contribution in [0.4, 0.5) is 0 Å². The Balaban J connectivity index is 2.30. The van der Waals surface area contributed by atoms with Gasteiger partial charge in [0.2, 0.25) is 0 Å². The number of ether oxygens (including phenoxy) is 2. The van der Waals surface area contributed by atoms with Gasteiger partial charge in [0.15, 0.2) is 0 Å². The molecule has 2 aromatic rings. The lowest BCUT2D eigenvalue weighted by Crippen LogP contribution is -2.41. The summed E-state index contributed by atoms with van der Waals surface area (Å²) in [5.41, 5.74) is 0. The van der Waals surface area contributed by atoms with E-state index in [4.69, 9.17) is 55.9 Å². The standard InChI is InChI=1S/C17H16Cl4O2/c1-3-17(4-2,22-15-7-11(18)5-12(19)8-15)23-16-9-13(20)6-14(21)10-16/h5-10H,3-4H2,1-2H3. The Kier molecular flexibility index (Phi) is 6.33. The van der Waals surface area contributed by atoms with E-state index < -0.39 is 5.79 Å². The van der Waals surface area contributed by atoms with E-state index in [1.54, 1.807) is 36.4 Å². The van der Waals surface area contributed by atoms with Crippen LogP contribution in [0.2, 0.25) is 20.1 Å². The number of rotatable bonds is 6. The average molecular weight is 394 g/mol. The molecule has 0 spiro atoms. The minimum Gasteiger partial charge on any atom is -0.452 e. The summed E-state index contributed by atoms with van der Waals surface area (Å²) in [4.78, 5) is 0.